The lowest BCUT2D eigenvalue weighted by Crippen LogP contribution is -2.44. The van der Waals surface area contributed by atoms with E-state index in [1.165, 1.54) is 0 Å². The van der Waals surface area contributed by atoms with Crippen LogP contribution in [-0.4, -0.2) is 97.4 Å². The van der Waals surface area contributed by atoms with Gasteiger partial charge in [0.1, 0.15) is 17.8 Å². The molecule has 1 aliphatic carbocycles. The fourth-order valence-corrected chi connectivity index (χ4v) is 5.02. The van der Waals surface area contributed by atoms with Crippen molar-refractivity contribution in [3.05, 3.63) is 24.0 Å². The third-order valence-corrected chi connectivity index (χ3v) is 7.17. The Kier molecular flexibility index (Phi) is 7.50. The van der Waals surface area contributed by atoms with Gasteiger partial charge in [0.15, 0.2) is 0 Å². The molecule has 1 saturated carbocycles. The predicted molar refractivity (Wildman–Crippen MR) is 126 cm³/mol. The van der Waals surface area contributed by atoms with Crippen LogP contribution in [0.2, 0.25) is 0 Å². The molecule has 3 fully saturated rings. The van der Waals surface area contributed by atoms with E-state index < -0.39 is 47.9 Å². The SMILES string of the molecule is Cn1cccc1C(=O)N[C@H]1C[C@@H](C(=O)O)N(C(=O)CCC(=O)N2C[C@@H](NC(=O)C3CC3)C[C@H]2C(=O)O)C1. The van der Waals surface area contributed by atoms with Gasteiger partial charge >= 0.3 is 11.9 Å². The topological polar surface area (TPSA) is 178 Å². The number of nitrogens with one attached hydrogen (secondary N) is 2. The molecule has 200 valence electrons. The summed E-state index contributed by atoms with van der Waals surface area (Å²) < 4.78 is 1.62. The van der Waals surface area contributed by atoms with E-state index >= 15 is 0 Å². The molecule has 0 spiro atoms. The molecular formula is C24H31N5O8. The highest BCUT2D eigenvalue weighted by molar-refractivity contribution is 5.93. The summed E-state index contributed by atoms with van der Waals surface area (Å²) in [7, 11) is 1.70. The van der Waals surface area contributed by atoms with Gasteiger partial charge in [-0.2, -0.15) is 0 Å². The van der Waals surface area contributed by atoms with Gasteiger partial charge in [-0.15, -0.1) is 0 Å². The number of carbonyl (C=O) groups excluding carboxylic acids is 4. The van der Waals surface area contributed by atoms with Crippen molar-refractivity contribution in [2.45, 2.75) is 62.7 Å². The summed E-state index contributed by atoms with van der Waals surface area (Å²) in [5, 5.41) is 24.7. The minimum absolute atomic E-state index is 0.0170. The van der Waals surface area contributed by atoms with Crippen LogP contribution in [0.25, 0.3) is 0 Å². The van der Waals surface area contributed by atoms with Gasteiger partial charge in [-0.25, -0.2) is 9.59 Å². The van der Waals surface area contributed by atoms with E-state index in [2.05, 4.69) is 10.6 Å². The molecule has 13 heteroatoms. The maximum absolute atomic E-state index is 12.9. The number of aliphatic carboxylic acids is 2. The molecule has 2 aliphatic heterocycles. The number of rotatable bonds is 9. The Balaban J connectivity index is 1.32. The number of aromatic nitrogens is 1. The Hall–Kier alpha value is -3.90. The Labute approximate surface area is 212 Å². The van der Waals surface area contributed by atoms with Crippen LogP contribution in [0.1, 0.15) is 49.0 Å². The van der Waals surface area contributed by atoms with Crippen LogP contribution in [0.4, 0.5) is 0 Å². The molecular weight excluding hydrogens is 486 g/mol. The first kappa shape index (κ1) is 26.2. The minimum Gasteiger partial charge on any atom is -0.480 e. The molecule has 4 amide bonds. The van der Waals surface area contributed by atoms with Crippen molar-refractivity contribution < 1.29 is 39.0 Å². The van der Waals surface area contributed by atoms with Crippen molar-refractivity contribution in [3.8, 4) is 0 Å². The smallest absolute Gasteiger partial charge is 0.326 e. The summed E-state index contributed by atoms with van der Waals surface area (Å²) in [6, 6.07) is 0.0173. The molecule has 0 aromatic carbocycles. The number of carboxylic acids is 2. The van der Waals surface area contributed by atoms with Crippen molar-refractivity contribution in [3.63, 3.8) is 0 Å². The van der Waals surface area contributed by atoms with Gasteiger partial charge in [0.25, 0.3) is 5.91 Å². The summed E-state index contributed by atoms with van der Waals surface area (Å²) >= 11 is 0. The first-order valence-electron chi connectivity index (χ1n) is 12.3. The van der Waals surface area contributed by atoms with Gasteiger partial charge < -0.3 is 35.2 Å². The number of nitrogens with zero attached hydrogens (tertiary/aromatic N) is 3. The quantitative estimate of drug-likeness (QED) is 0.328. The van der Waals surface area contributed by atoms with Crippen molar-refractivity contribution in [1.29, 1.82) is 0 Å². The van der Waals surface area contributed by atoms with Crippen LogP contribution in [0.5, 0.6) is 0 Å². The Morgan fingerprint density at radius 3 is 1.81 bits per heavy atom. The first-order valence-corrected chi connectivity index (χ1v) is 12.3. The number of aryl methyl sites for hydroxylation is 1. The largest absolute Gasteiger partial charge is 0.480 e. The molecule has 1 aromatic rings. The number of carbonyl (C=O) groups is 6. The van der Waals surface area contributed by atoms with E-state index in [1.54, 1.807) is 29.9 Å². The number of likely N-dealkylation sites (tertiary alicyclic amines) is 2. The molecule has 4 N–H and O–H groups in total. The standard InChI is InChI=1S/C24H31N5O8/c1-27-8-2-3-16(27)22(33)26-15-10-18(24(36)37)29(12-15)20(31)7-6-19(30)28-11-14(9-17(28)23(34)35)25-21(32)13-4-5-13/h2-3,8,13-15,17-18H,4-7,9-12H2,1H3,(H,25,32)(H,26,33)(H,34,35)(H,36,37)/t14-,15-,17-,18-/m0/s1. The molecule has 2 saturated heterocycles. The Morgan fingerprint density at radius 1 is 0.865 bits per heavy atom. The summed E-state index contributed by atoms with van der Waals surface area (Å²) in [5.74, 6) is -4.09. The third kappa shape index (κ3) is 5.92. The Morgan fingerprint density at radius 2 is 1.38 bits per heavy atom. The van der Waals surface area contributed by atoms with Crippen LogP contribution in [0.15, 0.2) is 18.3 Å². The summed E-state index contributed by atoms with van der Waals surface area (Å²) in [6.07, 6.45) is 2.82. The molecule has 13 nitrogen and oxygen atoms in total. The average molecular weight is 518 g/mol. The van der Waals surface area contributed by atoms with Crippen molar-refractivity contribution in [2.75, 3.05) is 13.1 Å². The lowest BCUT2D eigenvalue weighted by Gasteiger charge is -2.24. The van der Waals surface area contributed by atoms with Crippen molar-refractivity contribution in [2.24, 2.45) is 13.0 Å². The molecule has 3 aliphatic rings. The van der Waals surface area contributed by atoms with Crippen LogP contribution in [0.3, 0.4) is 0 Å². The maximum Gasteiger partial charge on any atom is 0.326 e. The highest BCUT2D eigenvalue weighted by Crippen LogP contribution is 2.30. The number of hydrogen-bond donors (Lipinski definition) is 4. The Bertz CT molecular complexity index is 1110. The van der Waals surface area contributed by atoms with Crippen molar-refractivity contribution in [1.82, 2.24) is 25.0 Å². The number of amides is 4. The molecule has 1 aromatic heterocycles. The summed E-state index contributed by atoms with van der Waals surface area (Å²) in [5.41, 5.74) is 0.396. The van der Waals surface area contributed by atoms with Gasteiger partial charge in [-0.1, -0.05) is 0 Å². The molecule has 3 heterocycles. The van der Waals surface area contributed by atoms with Crippen LogP contribution in [0, 0.1) is 5.92 Å². The average Bonchev–Trinajstić information content (AvgIpc) is 3.24. The van der Waals surface area contributed by atoms with E-state index in [0.29, 0.717) is 5.69 Å². The fraction of sp³-hybridized carbons (Fsp3) is 0.583. The second kappa shape index (κ2) is 10.6. The van der Waals surface area contributed by atoms with Crippen molar-refractivity contribution >= 4 is 35.6 Å². The second-order valence-corrected chi connectivity index (χ2v) is 9.93. The van der Waals surface area contributed by atoms with Crippen LogP contribution in [-0.2, 0) is 31.0 Å². The molecule has 0 unspecified atom stereocenters. The molecule has 0 radical (unpaired) electrons. The fourth-order valence-electron chi connectivity index (χ4n) is 5.02. The predicted octanol–water partition coefficient (Wildman–Crippen LogP) is -0.830. The van der Waals surface area contributed by atoms with Gasteiger partial charge in [0, 0.05) is 70.0 Å². The summed E-state index contributed by atoms with van der Waals surface area (Å²) in [4.78, 5) is 76.1. The minimum atomic E-state index is -1.21. The molecule has 4 atom stereocenters. The van der Waals surface area contributed by atoms with E-state index in [1.807, 2.05) is 0 Å². The first-order chi connectivity index (χ1) is 17.5. The van der Waals surface area contributed by atoms with E-state index in [0.717, 1.165) is 22.6 Å². The van der Waals surface area contributed by atoms with Gasteiger partial charge in [-0.3, -0.25) is 19.2 Å². The summed E-state index contributed by atoms with van der Waals surface area (Å²) in [6.45, 7) is 0.0219. The van der Waals surface area contributed by atoms with Gasteiger partial charge in [0.2, 0.25) is 17.7 Å². The second-order valence-electron chi connectivity index (χ2n) is 9.93. The zero-order valence-corrected chi connectivity index (χ0v) is 20.5. The van der Waals surface area contributed by atoms with Crippen LogP contribution >= 0.6 is 0 Å². The van der Waals surface area contributed by atoms with E-state index in [-0.39, 0.29) is 56.5 Å². The molecule has 0 bridgehead atoms. The number of hydrogen-bond acceptors (Lipinski definition) is 6. The number of carboxylic acid groups (broad SMARTS) is 2. The van der Waals surface area contributed by atoms with E-state index in [4.69, 9.17) is 0 Å². The lowest BCUT2D eigenvalue weighted by atomic mass is 10.1. The molecule has 37 heavy (non-hydrogen) atoms. The third-order valence-electron chi connectivity index (χ3n) is 7.17. The monoisotopic (exact) mass is 517 g/mol. The van der Waals surface area contributed by atoms with Crippen LogP contribution < -0.4 is 10.6 Å². The maximum atomic E-state index is 12.9. The lowest BCUT2D eigenvalue weighted by molar-refractivity contribution is -0.150. The zero-order valence-electron chi connectivity index (χ0n) is 20.5. The van der Waals surface area contributed by atoms with Gasteiger partial charge in [0.05, 0.1) is 0 Å². The normalized spacial score (nSPS) is 25.1. The highest BCUT2D eigenvalue weighted by Gasteiger charge is 2.43. The van der Waals surface area contributed by atoms with Gasteiger partial charge in [-0.05, 0) is 25.0 Å². The highest BCUT2D eigenvalue weighted by atomic mass is 16.4. The van der Waals surface area contributed by atoms with E-state index in [9.17, 15) is 39.0 Å². The zero-order chi connectivity index (χ0) is 26.9. The molecule has 4 rings (SSSR count).